The monoisotopic (exact) mass is 335 g/mol. The minimum absolute atomic E-state index is 0.417. The molecule has 0 aliphatic rings. The van der Waals surface area contributed by atoms with Gasteiger partial charge in [0.2, 0.25) is 0 Å². The molecule has 0 radical (unpaired) electrons. The van der Waals surface area contributed by atoms with E-state index in [9.17, 15) is 0 Å². The Morgan fingerprint density at radius 3 is 2.92 bits per heavy atom. The maximum atomic E-state index is 8.61. The van der Waals surface area contributed by atoms with E-state index in [0.717, 1.165) is 22.5 Å². The number of aromatic nitrogens is 5. The largest absolute Gasteiger partial charge is 0.493 e. The van der Waals surface area contributed by atoms with E-state index in [1.807, 2.05) is 31.2 Å². The molecule has 0 aliphatic carbocycles. The number of rotatable bonds is 7. The molecule has 2 aromatic heterocycles. The highest BCUT2D eigenvalue weighted by atomic mass is 16.5. The summed E-state index contributed by atoms with van der Waals surface area (Å²) in [4.78, 5) is 8.49. The van der Waals surface area contributed by atoms with Crippen LogP contribution in [0.2, 0.25) is 0 Å². The smallest absolute Gasteiger partial charge is 0.129 e. The van der Waals surface area contributed by atoms with Gasteiger partial charge in [-0.05, 0) is 19.1 Å². The lowest BCUT2D eigenvalue weighted by molar-refractivity contribution is 0.341. The average Bonchev–Trinajstić information content (AvgIpc) is 3.17. The van der Waals surface area contributed by atoms with E-state index < -0.39 is 0 Å². The summed E-state index contributed by atoms with van der Waals surface area (Å²) in [6.07, 6.45) is 3.57. The highest BCUT2D eigenvalue weighted by molar-refractivity contribution is 5.73. The van der Waals surface area contributed by atoms with Crippen LogP contribution in [0.3, 0.4) is 0 Å². The van der Waals surface area contributed by atoms with Crippen molar-refractivity contribution in [3.8, 4) is 34.3 Å². The summed E-state index contributed by atoms with van der Waals surface area (Å²) in [6, 6.07) is 9.75. The molecule has 0 fully saturated rings. The molecule has 0 saturated carbocycles. The number of nitrogens with zero attached hydrogens (tertiary/aromatic N) is 5. The zero-order valence-corrected chi connectivity index (χ0v) is 13.7. The molecule has 2 N–H and O–H groups in total. The van der Waals surface area contributed by atoms with Gasteiger partial charge in [-0.15, -0.1) is 0 Å². The van der Waals surface area contributed by atoms with Crippen LogP contribution in [0.1, 0.15) is 13.3 Å². The highest BCUT2D eigenvalue weighted by Gasteiger charge is 2.12. The number of hydrogen-bond acceptors (Lipinski definition) is 7. The third-order valence-electron chi connectivity index (χ3n) is 3.48. The molecular weight excluding hydrogens is 318 g/mol. The Balaban J connectivity index is 1.91. The van der Waals surface area contributed by atoms with Crippen molar-refractivity contribution in [2.45, 2.75) is 13.3 Å². The third-order valence-corrected chi connectivity index (χ3v) is 3.48. The second-order valence-corrected chi connectivity index (χ2v) is 5.12. The van der Waals surface area contributed by atoms with Gasteiger partial charge in [0.05, 0.1) is 31.0 Å². The third kappa shape index (κ3) is 3.90. The van der Waals surface area contributed by atoms with Crippen LogP contribution in [0.4, 0.5) is 5.82 Å². The van der Waals surface area contributed by atoms with Gasteiger partial charge in [-0.3, -0.25) is 0 Å². The van der Waals surface area contributed by atoms with E-state index in [-0.39, 0.29) is 0 Å². The molecule has 8 heteroatoms. The normalized spacial score (nSPS) is 10.2. The number of ether oxygens (including phenoxy) is 1. The second-order valence-electron chi connectivity index (χ2n) is 5.12. The van der Waals surface area contributed by atoms with Crippen LogP contribution in [0.15, 0.2) is 36.8 Å². The van der Waals surface area contributed by atoms with E-state index in [1.54, 1.807) is 6.20 Å². The Hall–Kier alpha value is -3.47. The average molecular weight is 335 g/mol. The van der Waals surface area contributed by atoms with Crippen molar-refractivity contribution in [2.24, 2.45) is 0 Å². The number of aromatic amines is 1. The van der Waals surface area contributed by atoms with Crippen LogP contribution in [0, 0.1) is 11.3 Å². The first kappa shape index (κ1) is 16.4. The van der Waals surface area contributed by atoms with Crippen LogP contribution in [-0.2, 0) is 0 Å². The fourth-order valence-electron chi connectivity index (χ4n) is 2.36. The van der Waals surface area contributed by atoms with E-state index in [1.165, 1.54) is 6.33 Å². The Labute approximate surface area is 144 Å². The van der Waals surface area contributed by atoms with Gasteiger partial charge >= 0.3 is 0 Å². The maximum Gasteiger partial charge on any atom is 0.129 e. The van der Waals surface area contributed by atoms with Gasteiger partial charge in [-0.2, -0.15) is 20.7 Å². The van der Waals surface area contributed by atoms with Crippen LogP contribution in [0.25, 0.3) is 22.5 Å². The molecule has 3 rings (SSSR count). The molecule has 0 atom stereocenters. The first-order valence-corrected chi connectivity index (χ1v) is 7.88. The molecule has 25 heavy (non-hydrogen) atoms. The second kappa shape index (κ2) is 7.88. The van der Waals surface area contributed by atoms with Gasteiger partial charge in [0, 0.05) is 23.7 Å². The molecule has 0 spiro atoms. The van der Waals surface area contributed by atoms with Gasteiger partial charge in [0.1, 0.15) is 23.6 Å². The van der Waals surface area contributed by atoms with Gasteiger partial charge in [-0.25, -0.2) is 9.97 Å². The molecule has 126 valence electrons. The molecule has 0 aliphatic heterocycles. The van der Waals surface area contributed by atoms with Crippen molar-refractivity contribution in [1.82, 2.24) is 25.4 Å². The first-order valence-electron chi connectivity index (χ1n) is 7.88. The van der Waals surface area contributed by atoms with E-state index >= 15 is 0 Å². The lowest BCUT2D eigenvalue weighted by Crippen LogP contribution is -2.03. The maximum absolute atomic E-state index is 8.61. The molecule has 0 amide bonds. The number of anilines is 1. The minimum atomic E-state index is 0.417. The van der Waals surface area contributed by atoms with Crippen molar-refractivity contribution in [1.29, 1.82) is 5.26 Å². The molecule has 2 heterocycles. The molecule has 3 aromatic rings. The van der Waals surface area contributed by atoms with Crippen molar-refractivity contribution in [2.75, 3.05) is 18.5 Å². The summed E-state index contributed by atoms with van der Waals surface area (Å²) in [7, 11) is 0. The van der Waals surface area contributed by atoms with Crippen molar-refractivity contribution < 1.29 is 4.74 Å². The highest BCUT2D eigenvalue weighted by Crippen LogP contribution is 2.32. The number of H-pyrrole nitrogens is 1. The summed E-state index contributed by atoms with van der Waals surface area (Å²) < 4.78 is 5.76. The van der Waals surface area contributed by atoms with Crippen LogP contribution >= 0.6 is 0 Å². The number of hydrogen-bond donors (Lipinski definition) is 2. The molecular formula is C17H17N7O. The predicted molar refractivity (Wildman–Crippen MR) is 92.7 cm³/mol. The summed E-state index contributed by atoms with van der Waals surface area (Å²) in [6.45, 7) is 3.02. The molecule has 0 unspecified atom stereocenters. The SMILES string of the molecule is CCOc1cc(-c2cc(NCCC#N)ncn2)ccc1-c1cn[nH]n1. The summed E-state index contributed by atoms with van der Waals surface area (Å²) in [5.41, 5.74) is 3.25. The number of nitriles is 1. The van der Waals surface area contributed by atoms with Crippen LogP contribution < -0.4 is 10.1 Å². The molecule has 8 nitrogen and oxygen atoms in total. The topological polar surface area (TPSA) is 112 Å². The van der Waals surface area contributed by atoms with Crippen molar-refractivity contribution >= 4 is 5.82 Å². The summed E-state index contributed by atoms with van der Waals surface area (Å²) in [5, 5.41) is 22.3. The van der Waals surface area contributed by atoms with Gasteiger partial charge in [0.25, 0.3) is 0 Å². The van der Waals surface area contributed by atoms with Gasteiger partial charge in [-0.1, -0.05) is 6.07 Å². The summed E-state index contributed by atoms with van der Waals surface area (Å²) in [5.74, 6) is 1.39. The van der Waals surface area contributed by atoms with Crippen LogP contribution in [-0.4, -0.2) is 38.5 Å². The fourth-order valence-corrected chi connectivity index (χ4v) is 2.36. The zero-order chi connectivity index (χ0) is 17.5. The molecule has 0 saturated heterocycles. The quantitative estimate of drug-likeness (QED) is 0.638. The lowest BCUT2D eigenvalue weighted by atomic mass is 10.1. The van der Waals surface area contributed by atoms with E-state index in [0.29, 0.717) is 31.1 Å². The standard InChI is InChI=1S/C17H17N7O/c1-2-25-16-8-12(4-5-13(16)15-10-22-24-23-15)14-9-17(21-11-20-14)19-7-3-6-18/h4-5,8-11H,2-3,7H2,1H3,(H,19,20,21)(H,22,23,24). The lowest BCUT2D eigenvalue weighted by Gasteiger charge is -2.11. The van der Waals surface area contributed by atoms with Gasteiger partial charge < -0.3 is 10.1 Å². The predicted octanol–water partition coefficient (Wildman–Crippen LogP) is 2.65. The van der Waals surface area contributed by atoms with Crippen LogP contribution in [0.5, 0.6) is 5.75 Å². The fraction of sp³-hybridized carbons (Fsp3) is 0.235. The Bertz CT molecular complexity index is 871. The summed E-state index contributed by atoms with van der Waals surface area (Å²) >= 11 is 0. The number of nitrogens with one attached hydrogen (secondary N) is 2. The molecule has 1 aromatic carbocycles. The van der Waals surface area contributed by atoms with Crippen molar-refractivity contribution in [3.05, 3.63) is 36.8 Å². The first-order chi connectivity index (χ1) is 12.3. The number of benzene rings is 1. The van der Waals surface area contributed by atoms with E-state index in [2.05, 4.69) is 36.8 Å². The van der Waals surface area contributed by atoms with Gasteiger partial charge in [0.15, 0.2) is 0 Å². The zero-order valence-electron chi connectivity index (χ0n) is 13.7. The van der Waals surface area contributed by atoms with E-state index in [4.69, 9.17) is 10.00 Å². The Morgan fingerprint density at radius 1 is 1.24 bits per heavy atom. The Kier molecular flexibility index (Phi) is 5.16. The molecule has 0 bridgehead atoms. The van der Waals surface area contributed by atoms with Crippen molar-refractivity contribution in [3.63, 3.8) is 0 Å². The minimum Gasteiger partial charge on any atom is -0.493 e. The Morgan fingerprint density at radius 2 is 2.16 bits per heavy atom.